The predicted molar refractivity (Wildman–Crippen MR) is 84.5 cm³/mol. The molecule has 0 aliphatic carbocycles. The number of nitrogens with one attached hydrogen (secondary N) is 1. The van der Waals surface area contributed by atoms with Gasteiger partial charge in [0.2, 0.25) is 10.0 Å². The maximum absolute atomic E-state index is 13.1. The highest BCUT2D eigenvalue weighted by Crippen LogP contribution is 2.21. The van der Waals surface area contributed by atoms with Crippen molar-refractivity contribution in [1.29, 1.82) is 0 Å². The highest BCUT2D eigenvalue weighted by molar-refractivity contribution is 7.88. The van der Waals surface area contributed by atoms with E-state index in [4.69, 9.17) is 0 Å². The molecule has 0 aromatic heterocycles. The van der Waals surface area contributed by atoms with E-state index in [-0.39, 0.29) is 18.2 Å². The molecule has 0 spiro atoms. The van der Waals surface area contributed by atoms with Gasteiger partial charge in [0, 0.05) is 13.1 Å². The molecule has 0 bridgehead atoms. The van der Waals surface area contributed by atoms with E-state index in [1.54, 1.807) is 12.1 Å². The van der Waals surface area contributed by atoms with Gasteiger partial charge in [0.25, 0.3) is 0 Å². The fourth-order valence-corrected chi connectivity index (χ4v) is 4.16. The van der Waals surface area contributed by atoms with Crippen LogP contribution in [0.2, 0.25) is 0 Å². The van der Waals surface area contributed by atoms with E-state index in [2.05, 4.69) is 5.32 Å². The van der Waals surface area contributed by atoms with Gasteiger partial charge >= 0.3 is 0 Å². The largest absolute Gasteiger partial charge is 0.319 e. The number of nitrogens with zero attached hydrogens (tertiary/aromatic N) is 1. The van der Waals surface area contributed by atoms with E-state index < -0.39 is 15.8 Å². The minimum atomic E-state index is -3.35. The van der Waals surface area contributed by atoms with Gasteiger partial charge in [-0.25, -0.2) is 17.1 Å². The van der Waals surface area contributed by atoms with Gasteiger partial charge in [-0.2, -0.15) is 0 Å². The first-order valence-electron chi connectivity index (χ1n) is 6.88. The Kier molecular flexibility index (Phi) is 7.06. The van der Waals surface area contributed by atoms with Gasteiger partial charge < -0.3 is 5.32 Å². The first kappa shape index (κ1) is 18.4. The second kappa shape index (κ2) is 8.08. The second-order valence-corrected chi connectivity index (χ2v) is 7.26. The standard InChI is InChI=1S/C14H21FN2O2S.ClH/c1-16-10-12-5-7-17(8-6-12)20(18,19)11-13-3-2-4-14(15)9-13;/h2-4,9,12,16H,5-8,10-11H2,1H3;1H. The van der Waals surface area contributed by atoms with E-state index in [1.165, 1.54) is 16.4 Å². The van der Waals surface area contributed by atoms with Crippen LogP contribution in [-0.4, -0.2) is 39.4 Å². The third-order valence-corrected chi connectivity index (χ3v) is 5.55. The zero-order chi connectivity index (χ0) is 14.6. The summed E-state index contributed by atoms with van der Waals surface area (Å²) < 4.78 is 39.3. The van der Waals surface area contributed by atoms with E-state index in [1.807, 2.05) is 7.05 Å². The molecule has 0 radical (unpaired) electrons. The summed E-state index contributed by atoms with van der Waals surface area (Å²) in [6.07, 6.45) is 1.76. The highest BCUT2D eigenvalue weighted by Gasteiger charge is 2.27. The number of rotatable bonds is 5. The Morgan fingerprint density at radius 1 is 1.33 bits per heavy atom. The predicted octanol–water partition coefficient (Wildman–Crippen LogP) is 2.01. The lowest BCUT2D eigenvalue weighted by molar-refractivity contribution is 0.270. The average Bonchev–Trinajstić information content (AvgIpc) is 2.39. The van der Waals surface area contributed by atoms with Crippen LogP contribution in [-0.2, 0) is 15.8 Å². The zero-order valence-corrected chi connectivity index (χ0v) is 13.7. The van der Waals surface area contributed by atoms with Crippen LogP contribution in [0.3, 0.4) is 0 Å². The SMILES string of the molecule is CNCC1CCN(S(=O)(=O)Cc2cccc(F)c2)CC1.Cl. The maximum Gasteiger partial charge on any atom is 0.218 e. The molecule has 120 valence electrons. The smallest absolute Gasteiger partial charge is 0.218 e. The lowest BCUT2D eigenvalue weighted by Gasteiger charge is -2.31. The molecule has 7 heteroatoms. The highest BCUT2D eigenvalue weighted by atomic mass is 35.5. The normalized spacial score (nSPS) is 17.4. The van der Waals surface area contributed by atoms with Gasteiger partial charge in [-0.05, 0) is 50.0 Å². The summed E-state index contributed by atoms with van der Waals surface area (Å²) >= 11 is 0. The van der Waals surface area contributed by atoms with Crippen molar-refractivity contribution in [2.75, 3.05) is 26.7 Å². The Balaban J connectivity index is 0.00000220. The van der Waals surface area contributed by atoms with Gasteiger partial charge in [0.1, 0.15) is 5.82 Å². The van der Waals surface area contributed by atoms with Crippen LogP contribution in [0.4, 0.5) is 4.39 Å². The van der Waals surface area contributed by atoms with Crippen LogP contribution in [0.25, 0.3) is 0 Å². The van der Waals surface area contributed by atoms with Crippen LogP contribution >= 0.6 is 12.4 Å². The number of halogens is 2. The van der Waals surface area contributed by atoms with Crippen molar-refractivity contribution in [2.45, 2.75) is 18.6 Å². The van der Waals surface area contributed by atoms with Crippen LogP contribution in [0.5, 0.6) is 0 Å². The monoisotopic (exact) mass is 336 g/mol. The lowest BCUT2D eigenvalue weighted by Crippen LogP contribution is -2.40. The molecular weight excluding hydrogens is 315 g/mol. The van der Waals surface area contributed by atoms with Crippen molar-refractivity contribution >= 4 is 22.4 Å². The summed E-state index contributed by atoms with van der Waals surface area (Å²) in [4.78, 5) is 0. The van der Waals surface area contributed by atoms with Gasteiger partial charge in [-0.3, -0.25) is 0 Å². The Morgan fingerprint density at radius 3 is 2.57 bits per heavy atom. The van der Waals surface area contributed by atoms with Gasteiger partial charge in [0.05, 0.1) is 5.75 Å². The molecule has 1 aromatic carbocycles. The molecule has 0 saturated carbocycles. The molecule has 1 N–H and O–H groups in total. The number of hydrogen-bond acceptors (Lipinski definition) is 3. The molecule has 4 nitrogen and oxygen atoms in total. The summed E-state index contributed by atoms with van der Waals surface area (Å²) in [7, 11) is -1.44. The maximum atomic E-state index is 13.1. The van der Waals surface area contributed by atoms with E-state index in [9.17, 15) is 12.8 Å². The van der Waals surface area contributed by atoms with Crippen LogP contribution in [0, 0.1) is 11.7 Å². The summed E-state index contributed by atoms with van der Waals surface area (Å²) in [5, 5.41) is 3.13. The molecule has 1 aliphatic rings. The molecule has 0 amide bonds. The minimum absolute atomic E-state index is 0. The van der Waals surface area contributed by atoms with E-state index >= 15 is 0 Å². The van der Waals surface area contributed by atoms with E-state index in [0.29, 0.717) is 24.6 Å². The first-order chi connectivity index (χ1) is 9.51. The molecule has 1 fully saturated rings. The van der Waals surface area contributed by atoms with Gasteiger partial charge in [-0.1, -0.05) is 12.1 Å². The Bertz CT molecular complexity index is 546. The lowest BCUT2D eigenvalue weighted by atomic mass is 9.98. The van der Waals surface area contributed by atoms with Crippen molar-refractivity contribution < 1.29 is 12.8 Å². The van der Waals surface area contributed by atoms with Crippen molar-refractivity contribution in [2.24, 2.45) is 5.92 Å². The summed E-state index contributed by atoms with van der Waals surface area (Å²) in [6, 6.07) is 5.79. The van der Waals surface area contributed by atoms with Crippen molar-refractivity contribution in [3.05, 3.63) is 35.6 Å². The summed E-state index contributed by atoms with van der Waals surface area (Å²) in [6.45, 7) is 2.05. The third-order valence-electron chi connectivity index (χ3n) is 3.70. The third kappa shape index (κ3) is 5.21. The summed E-state index contributed by atoms with van der Waals surface area (Å²) in [5.41, 5.74) is 0.502. The molecule has 1 aliphatic heterocycles. The zero-order valence-electron chi connectivity index (χ0n) is 12.1. The van der Waals surface area contributed by atoms with Crippen molar-refractivity contribution in [3.63, 3.8) is 0 Å². The number of benzene rings is 1. The molecule has 0 unspecified atom stereocenters. The quantitative estimate of drug-likeness (QED) is 0.894. The fourth-order valence-electron chi connectivity index (χ4n) is 2.61. The Hall–Kier alpha value is -0.690. The van der Waals surface area contributed by atoms with Crippen LogP contribution < -0.4 is 5.32 Å². The van der Waals surface area contributed by atoms with E-state index in [0.717, 1.165) is 19.4 Å². The van der Waals surface area contributed by atoms with Crippen LogP contribution in [0.1, 0.15) is 18.4 Å². The summed E-state index contributed by atoms with van der Waals surface area (Å²) in [5.74, 6) is 0.0209. The number of sulfonamides is 1. The van der Waals surface area contributed by atoms with Crippen molar-refractivity contribution in [3.8, 4) is 0 Å². The Morgan fingerprint density at radius 2 is 2.00 bits per heavy atom. The van der Waals surface area contributed by atoms with Gasteiger partial charge in [0.15, 0.2) is 0 Å². The number of piperidine rings is 1. The average molecular weight is 337 g/mol. The fraction of sp³-hybridized carbons (Fsp3) is 0.571. The second-order valence-electron chi connectivity index (χ2n) is 5.29. The molecule has 21 heavy (non-hydrogen) atoms. The number of hydrogen-bond donors (Lipinski definition) is 1. The molecule has 1 heterocycles. The molecular formula is C14H22ClFN2O2S. The molecule has 2 rings (SSSR count). The van der Waals surface area contributed by atoms with Gasteiger partial charge in [-0.15, -0.1) is 12.4 Å². The first-order valence-corrected chi connectivity index (χ1v) is 8.49. The van der Waals surface area contributed by atoms with Crippen LogP contribution in [0.15, 0.2) is 24.3 Å². The Labute approximate surface area is 132 Å². The minimum Gasteiger partial charge on any atom is -0.319 e. The molecule has 1 saturated heterocycles. The topological polar surface area (TPSA) is 49.4 Å². The molecule has 1 aromatic rings. The molecule has 0 atom stereocenters. The van der Waals surface area contributed by atoms with Crippen molar-refractivity contribution in [1.82, 2.24) is 9.62 Å².